The van der Waals surface area contributed by atoms with E-state index < -0.39 is 20.0 Å². The minimum atomic E-state index is -3.73. The SMILES string of the molecule is Cl.O=S(=O)(NC1CCNCC1)c1cccc(S(=O)(=O)N2CCCCC2)c1. The second kappa shape index (κ2) is 8.99. The third-order valence-corrected chi connectivity index (χ3v) is 8.14. The Bertz CT molecular complexity index is 803. The van der Waals surface area contributed by atoms with Gasteiger partial charge in [-0.1, -0.05) is 12.5 Å². The number of sulfonamides is 2. The maximum atomic E-state index is 12.8. The monoisotopic (exact) mass is 423 g/mol. The Kier molecular flexibility index (Phi) is 7.46. The van der Waals surface area contributed by atoms with Crippen LogP contribution < -0.4 is 10.0 Å². The lowest BCUT2D eigenvalue weighted by atomic mass is 10.1. The molecule has 0 amide bonds. The van der Waals surface area contributed by atoms with Crippen LogP contribution in [0, 0.1) is 0 Å². The van der Waals surface area contributed by atoms with E-state index in [-0.39, 0.29) is 28.2 Å². The van der Waals surface area contributed by atoms with E-state index in [1.165, 1.54) is 28.6 Å². The molecule has 148 valence electrons. The summed E-state index contributed by atoms with van der Waals surface area (Å²) in [7, 11) is -7.38. The molecule has 26 heavy (non-hydrogen) atoms. The molecule has 0 unspecified atom stereocenters. The van der Waals surface area contributed by atoms with Gasteiger partial charge < -0.3 is 5.32 Å². The zero-order valence-corrected chi connectivity index (χ0v) is 17.0. The van der Waals surface area contributed by atoms with Gasteiger partial charge in [0.1, 0.15) is 0 Å². The summed E-state index contributed by atoms with van der Waals surface area (Å²) in [5, 5.41) is 3.19. The third-order valence-electron chi connectivity index (χ3n) is 4.73. The number of nitrogens with zero attached hydrogens (tertiary/aromatic N) is 1. The van der Waals surface area contributed by atoms with Crippen LogP contribution in [-0.2, 0) is 20.0 Å². The summed E-state index contributed by atoms with van der Waals surface area (Å²) in [6.07, 6.45) is 4.17. The third kappa shape index (κ3) is 4.96. The van der Waals surface area contributed by atoms with Crippen LogP contribution in [0.15, 0.2) is 34.1 Å². The predicted molar refractivity (Wildman–Crippen MR) is 103 cm³/mol. The Morgan fingerprint density at radius 1 is 0.962 bits per heavy atom. The van der Waals surface area contributed by atoms with Gasteiger partial charge in [-0.3, -0.25) is 0 Å². The zero-order chi connectivity index (χ0) is 17.9. The van der Waals surface area contributed by atoms with Crippen LogP contribution in [0.4, 0.5) is 0 Å². The Morgan fingerprint density at radius 3 is 2.23 bits per heavy atom. The fourth-order valence-electron chi connectivity index (χ4n) is 3.28. The normalized spacial score (nSPS) is 20.5. The lowest BCUT2D eigenvalue weighted by molar-refractivity contribution is 0.346. The highest BCUT2D eigenvalue weighted by atomic mass is 35.5. The van der Waals surface area contributed by atoms with E-state index >= 15 is 0 Å². The molecule has 2 heterocycles. The fraction of sp³-hybridized carbons (Fsp3) is 0.625. The van der Waals surface area contributed by atoms with Gasteiger partial charge in [0.15, 0.2) is 0 Å². The molecular formula is C16H26ClN3O4S2. The van der Waals surface area contributed by atoms with Crippen molar-refractivity contribution in [3.63, 3.8) is 0 Å². The Labute approximate surface area is 162 Å². The van der Waals surface area contributed by atoms with Crippen LogP contribution in [0.3, 0.4) is 0 Å². The first-order chi connectivity index (χ1) is 11.9. The second-order valence-electron chi connectivity index (χ2n) is 6.59. The summed E-state index contributed by atoms with van der Waals surface area (Å²) in [6.45, 7) is 2.53. The van der Waals surface area contributed by atoms with Crippen molar-refractivity contribution in [2.75, 3.05) is 26.2 Å². The van der Waals surface area contributed by atoms with Gasteiger partial charge in [0.05, 0.1) is 9.79 Å². The minimum Gasteiger partial charge on any atom is -0.317 e. The molecule has 0 saturated carbocycles. The Balaban J connectivity index is 0.00000243. The molecule has 0 aromatic heterocycles. The van der Waals surface area contributed by atoms with Crippen molar-refractivity contribution in [2.45, 2.75) is 47.9 Å². The van der Waals surface area contributed by atoms with E-state index in [1.807, 2.05) is 0 Å². The highest BCUT2D eigenvalue weighted by molar-refractivity contribution is 7.90. The van der Waals surface area contributed by atoms with Crippen molar-refractivity contribution < 1.29 is 16.8 Å². The molecule has 2 fully saturated rings. The number of piperidine rings is 2. The van der Waals surface area contributed by atoms with Crippen molar-refractivity contribution >= 4 is 32.5 Å². The molecule has 1 aromatic carbocycles. The number of rotatable bonds is 5. The highest BCUT2D eigenvalue weighted by Gasteiger charge is 2.28. The van der Waals surface area contributed by atoms with Crippen molar-refractivity contribution in [3.05, 3.63) is 24.3 Å². The lowest BCUT2D eigenvalue weighted by Gasteiger charge is -2.26. The van der Waals surface area contributed by atoms with E-state index in [0.29, 0.717) is 13.1 Å². The van der Waals surface area contributed by atoms with Gasteiger partial charge in [-0.15, -0.1) is 12.4 Å². The van der Waals surface area contributed by atoms with E-state index in [0.717, 1.165) is 45.2 Å². The van der Waals surface area contributed by atoms with E-state index in [4.69, 9.17) is 0 Å². The second-order valence-corrected chi connectivity index (χ2v) is 10.2. The van der Waals surface area contributed by atoms with Crippen LogP contribution in [0.5, 0.6) is 0 Å². The number of nitrogens with one attached hydrogen (secondary N) is 2. The van der Waals surface area contributed by atoms with Gasteiger partial charge in [0, 0.05) is 19.1 Å². The summed E-state index contributed by atoms with van der Waals surface area (Å²) in [5.41, 5.74) is 0. The van der Waals surface area contributed by atoms with Crippen LogP contribution in [0.2, 0.25) is 0 Å². The number of hydrogen-bond donors (Lipinski definition) is 2. The first-order valence-corrected chi connectivity index (χ1v) is 11.7. The summed E-state index contributed by atoms with van der Waals surface area (Å²) < 4.78 is 54.9. The summed E-state index contributed by atoms with van der Waals surface area (Å²) >= 11 is 0. The van der Waals surface area contributed by atoms with Crippen LogP contribution in [-0.4, -0.2) is 53.4 Å². The molecular weight excluding hydrogens is 398 g/mol. The zero-order valence-electron chi connectivity index (χ0n) is 14.6. The van der Waals surface area contributed by atoms with E-state index in [1.54, 1.807) is 0 Å². The van der Waals surface area contributed by atoms with Crippen molar-refractivity contribution in [1.29, 1.82) is 0 Å². The van der Waals surface area contributed by atoms with Gasteiger partial charge in [-0.2, -0.15) is 4.31 Å². The average Bonchev–Trinajstić information content (AvgIpc) is 2.63. The topological polar surface area (TPSA) is 95.6 Å². The smallest absolute Gasteiger partial charge is 0.243 e. The van der Waals surface area contributed by atoms with Gasteiger partial charge in [-0.25, -0.2) is 21.6 Å². The van der Waals surface area contributed by atoms with Crippen LogP contribution in [0.25, 0.3) is 0 Å². The molecule has 10 heteroatoms. The van der Waals surface area contributed by atoms with Crippen LogP contribution in [0.1, 0.15) is 32.1 Å². The molecule has 3 rings (SSSR count). The molecule has 7 nitrogen and oxygen atoms in total. The summed E-state index contributed by atoms with van der Waals surface area (Å²) in [5.74, 6) is 0. The fourth-order valence-corrected chi connectivity index (χ4v) is 6.27. The minimum absolute atomic E-state index is 0. The molecule has 2 aliphatic rings. The van der Waals surface area contributed by atoms with Crippen LogP contribution >= 0.6 is 12.4 Å². The van der Waals surface area contributed by atoms with Gasteiger partial charge in [0.2, 0.25) is 20.0 Å². The number of halogens is 1. The Hall–Kier alpha value is -0.710. The highest BCUT2D eigenvalue weighted by Crippen LogP contribution is 2.23. The summed E-state index contributed by atoms with van der Waals surface area (Å²) in [4.78, 5) is 0.0479. The largest absolute Gasteiger partial charge is 0.317 e. The van der Waals surface area contributed by atoms with Crippen molar-refractivity contribution in [1.82, 2.24) is 14.3 Å². The van der Waals surface area contributed by atoms with Crippen molar-refractivity contribution in [2.24, 2.45) is 0 Å². The molecule has 0 bridgehead atoms. The molecule has 0 aliphatic carbocycles. The maximum absolute atomic E-state index is 12.8. The van der Waals surface area contributed by atoms with Gasteiger partial charge in [-0.05, 0) is 57.0 Å². The molecule has 0 atom stereocenters. The molecule has 1 aromatic rings. The van der Waals surface area contributed by atoms with Gasteiger partial charge in [0.25, 0.3) is 0 Å². The average molecular weight is 424 g/mol. The molecule has 0 spiro atoms. The van der Waals surface area contributed by atoms with E-state index in [9.17, 15) is 16.8 Å². The lowest BCUT2D eigenvalue weighted by Crippen LogP contribution is -2.42. The quantitative estimate of drug-likeness (QED) is 0.744. The van der Waals surface area contributed by atoms with Crippen molar-refractivity contribution in [3.8, 4) is 0 Å². The molecule has 0 radical (unpaired) electrons. The Morgan fingerprint density at radius 2 is 1.58 bits per heavy atom. The van der Waals surface area contributed by atoms with Gasteiger partial charge >= 0.3 is 0 Å². The standard InChI is InChI=1S/C16H25N3O4S2.ClH/c20-24(21,18-14-7-9-17-10-8-14)15-5-4-6-16(13-15)25(22,23)19-11-2-1-3-12-19;/h4-6,13-14,17-18H,1-3,7-12H2;1H. The number of hydrogen-bond acceptors (Lipinski definition) is 5. The molecule has 2 aliphatic heterocycles. The molecule has 2 N–H and O–H groups in total. The van der Waals surface area contributed by atoms with E-state index in [2.05, 4.69) is 10.0 Å². The predicted octanol–water partition coefficient (Wildman–Crippen LogP) is 1.31. The molecule has 2 saturated heterocycles. The summed E-state index contributed by atoms with van der Waals surface area (Å²) in [6, 6.07) is 5.56. The maximum Gasteiger partial charge on any atom is 0.243 e. The number of benzene rings is 1. The first kappa shape index (κ1) is 21.6. The first-order valence-electron chi connectivity index (χ1n) is 8.73.